The molecule has 0 fully saturated rings. The molecule has 0 bridgehead atoms. The average molecular weight is 1030 g/mol. The van der Waals surface area contributed by atoms with E-state index in [0.717, 1.165) is 72.4 Å². The molecule has 416 valence electrons. The van der Waals surface area contributed by atoms with Crippen LogP contribution in [0.3, 0.4) is 0 Å². The van der Waals surface area contributed by atoms with E-state index in [9.17, 15) is 25.1 Å². The van der Waals surface area contributed by atoms with Gasteiger partial charge in [0.2, 0.25) is 5.69 Å². The Labute approximate surface area is 458 Å². The smallest absolute Gasteiger partial charge is 0.309 e. The van der Waals surface area contributed by atoms with Crippen LogP contribution in [0.4, 0.5) is 11.4 Å². The standard InChI is InChI=1S/C68H105N3O4/c1-7-9-11-13-15-17-19-21-23-25-27-29-31-33-35-37-51-67(5)59-43-39-41-56(3)65(59)70(53-49-63(72)73)61(67)47-45-58(55-69)46-48-62-68(6,60-44-40-42-57(4)66(60)71(62)54-50-64(74)75)52-38-36-34-32-30-28-26-24-22-20-18-16-14-12-10-8-2/h39-48H,7-38,49-54H2,1-6H3,(H-,72,73,74,75)/p+1. The molecule has 2 unspecified atom stereocenters. The van der Waals surface area contributed by atoms with Crippen molar-refractivity contribution in [2.24, 2.45) is 0 Å². The molecule has 2 aromatic carbocycles. The number of allylic oxidation sites excluding steroid dienone is 6. The minimum Gasteiger partial charge on any atom is -0.481 e. The number of carboxylic acid groups (broad SMARTS) is 2. The SMILES string of the molecule is CCCCCCCCCCCCCCCCCCC1(C)C(/C=C/C(C#N)=C/C=C2/N(CCC(=O)O)c3c(C)cccc3C2(C)CCCCCCCCCCCCCCCCCC)=[N+](CCC(=O)O)c2c(C)cccc21. The van der Waals surface area contributed by atoms with Gasteiger partial charge in [-0.1, -0.05) is 256 Å². The first-order valence-electron chi connectivity index (χ1n) is 31.0. The van der Waals surface area contributed by atoms with E-state index in [-0.39, 0.29) is 23.7 Å². The third-order valence-corrected chi connectivity index (χ3v) is 17.0. The second-order valence-electron chi connectivity index (χ2n) is 23.3. The van der Waals surface area contributed by atoms with E-state index in [1.54, 1.807) is 0 Å². The van der Waals surface area contributed by atoms with E-state index >= 15 is 0 Å². The van der Waals surface area contributed by atoms with E-state index in [2.05, 4.69) is 106 Å². The molecule has 2 atom stereocenters. The molecule has 0 spiro atoms. The molecule has 0 saturated carbocycles. The fourth-order valence-corrected chi connectivity index (χ4v) is 12.5. The number of hydrogen-bond donors (Lipinski definition) is 2. The largest absolute Gasteiger partial charge is 0.481 e. The first kappa shape index (κ1) is 63.1. The van der Waals surface area contributed by atoms with Crippen molar-refractivity contribution in [2.75, 3.05) is 18.0 Å². The Morgan fingerprint density at radius 3 is 1.43 bits per heavy atom. The molecule has 0 saturated heterocycles. The molecule has 75 heavy (non-hydrogen) atoms. The summed E-state index contributed by atoms with van der Waals surface area (Å²) in [5, 5.41) is 30.6. The summed E-state index contributed by atoms with van der Waals surface area (Å²) >= 11 is 0. The first-order chi connectivity index (χ1) is 36.4. The van der Waals surface area contributed by atoms with Gasteiger partial charge >= 0.3 is 11.9 Å². The number of unbranched alkanes of at least 4 members (excludes halogenated alkanes) is 30. The highest BCUT2D eigenvalue weighted by molar-refractivity contribution is 6.04. The van der Waals surface area contributed by atoms with Crippen molar-refractivity contribution < 1.29 is 24.4 Å². The Morgan fingerprint density at radius 1 is 0.573 bits per heavy atom. The predicted octanol–water partition coefficient (Wildman–Crippen LogP) is 19.6. The van der Waals surface area contributed by atoms with Gasteiger partial charge in [-0.25, -0.2) is 0 Å². The monoisotopic (exact) mass is 1030 g/mol. The normalized spacial score (nSPS) is 17.9. The lowest BCUT2D eigenvalue weighted by Gasteiger charge is -2.30. The van der Waals surface area contributed by atoms with Gasteiger partial charge in [0, 0.05) is 40.5 Å². The minimum atomic E-state index is -0.827. The van der Waals surface area contributed by atoms with E-state index < -0.39 is 11.9 Å². The van der Waals surface area contributed by atoms with Gasteiger partial charge < -0.3 is 15.1 Å². The summed E-state index contributed by atoms with van der Waals surface area (Å²) in [5.41, 5.74) is 8.80. The summed E-state index contributed by atoms with van der Waals surface area (Å²) < 4.78 is 2.22. The number of nitrogens with zero attached hydrogens (tertiary/aromatic N) is 3. The Hall–Kier alpha value is -4.44. The summed E-state index contributed by atoms with van der Waals surface area (Å²) in [6.45, 7) is 14.1. The van der Waals surface area contributed by atoms with Gasteiger partial charge in [-0.05, 0) is 69.9 Å². The highest BCUT2D eigenvalue weighted by Gasteiger charge is 2.48. The second-order valence-corrected chi connectivity index (χ2v) is 23.3. The van der Waals surface area contributed by atoms with E-state index in [0.29, 0.717) is 18.7 Å². The number of hydrogen-bond acceptors (Lipinski definition) is 4. The molecule has 7 nitrogen and oxygen atoms in total. The van der Waals surface area contributed by atoms with Gasteiger partial charge in [0.1, 0.15) is 6.42 Å². The number of rotatable bonds is 43. The Balaban J connectivity index is 1.46. The summed E-state index contributed by atoms with van der Waals surface area (Å²) in [6.07, 6.45) is 52.3. The number of fused-ring (bicyclic) bond motifs is 2. The minimum absolute atomic E-state index is 0.0113. The van der Waals surface area contributed by atoms with Gasteiger partial charge in [-0.2, -0.15) is 9.84 Å². The molecule has 0 amide bonds. The van der Waals surface area contributed by atoms with E-state index in [1.807, 2.05) is 12.2 Å². The van der Waals surface area contributed by atoms with Gasteiger partial charge in [-0.15, -0.1) is 0 Å². The van der Waals surface area contributed by atoms with E-state index in [4.69, 9.17) is 0 Å². The Morgan fingerprint density at radius 2 is 0.987 bits per heavy atom. The topological polar surface area (TPSA) is 105 Å². The van der Waals surface area contributed by atoms with Crippen molar-refractivity contribution >= 4 is 29.0 Å². The molecule has 2 heterocycles. The van der Waals surface area contributed by atoms with Gasteiger partial charge in [0.15, 0.2) is 12.3 Å². The number of aryl methyl sites for hydroxylation is 2. The van der Waals surface area contributed by atoms with Crippen molar-refractivity contribution in [1.29, 1.82) is 5.26 Å². The molecule has 4 rings (SSSR count). The number of carboxylic acids is 2. The second kappa shape index (κ2) is 35.8. The summed E-state index contributed by atoms with van der Waals surface area (Å²) in [4.78, 5) is 26.4. The lowest BCUT2D eigenvalue weighted by molar-refractivity contribution is -0.437. The van der Waals surface area contributed by atoms with Crippen LogP contribution >= 0.6 is 0 Å². The number of carbonyl (C=O) groups is 2. The molecule has 7 heteroatoms. The Bertz CT molecular complexity index is 2180. The van der Waals surface area contributed by atoms with Crippen molar-refractivity contribution in [3.63, 3.8) is 0 Å². The maximum Gasteiger partial charge on any atom is 0.309 e. The van der Waals surface area contributed by atoms with Crippen LogP contribution in [0.2, 0.25) is 0 Å². The number of aliphatic carboxylic acids is 2. The predicted molar refractivity (Wildman–Crippen MR) is 318 cm³/mol. The van der Waals surface area contributed by atoms with Crippen LogP contribution in [0.5, 0.6) is 0 Å². The third-order valence-electron chi connectivity index (χ3n) is 17.0. The van der Waals surface area contributed by atoms with Crippen molar-refractivity contribution in [2.45, 2.75) is 284 Å². The number of para-hydroxylation sites is 2. The highest BCUT2D eigenvalue weighted by Crippen LogP contribution is 2.52. The maximum atomic E-state index is 12.1. The zero-order valence-corrected chi connectivity index (χ0v) is 48.7. The van der Waals surface area contributed by atoms with Crippen LogP contribution < -0.4 is 4.90 Å². The van der Waals surface area contributed by atoms with Crippen molar-refractivity contribution in [3.05, 3.63) is 94.2 Å². The van der Waals surface area contributed by atoms with Crippen LogP contribution in [-0.2, 0) is 20.4 Å². The van der Waals surface area contributed by atoms with Crippen molar-refractivity contribution in [3.8, 4) is 6.07 Å². The average Bonchev–Trinajstić information content (AvgIpc) is 3.78. The first-order valence-corrected chi connectivity index (χ1v) is 31.0. The Kier molecular flexibility index (Phi) is 30.1. The zero-order valence-electron chi connectivity index (χ0n) is 48.7. The van der Waals surface area contributed by atoms with Gasteiger partial charge in [-0.3, -0.25) is 9.59 Å². The molecule has 2 aliphatic rings. The third kappa shape index (κ3) is 20.8. The van der Waals surface area contributed by atoms with Crippen LogP contribution in [0.15, 0.2) is 72.0 Å². The molecule has 2 N–H and O–H groups in total. The summed E-state index contributed by atoms with van der Waals surface area (Å²) in [7, 11) is 0. The molecule has 2 aliphatic heterocycles. The molecule has 2 aromatic rings. The van der Waals surface area contributed by atoms with Crippen LogP contribution in [0, 0.1) is 25.2 Å². The summed E-state index contributed by atoms with van der Waals surface area (Å²) in [6, 6.07) is 15.4. The summed E-state index contributed by atoms with van der Waals surface area (Å²) in [5.74, 6) is -1.65. The number of anilines is 1. The molecule has 0 aliphatic carbocycles. The quantitative estimate of drug-likeness (QED) is 0.0297. The maximum absolute atomic E-state index is 12.1. The molecular weight excluding hydrogens is 923 g/mol. The number of nitriles is 1. The molecule has 0 radical (unpaired) electrons. The number of benzene rings is 2. The van der Waals surface area contributed by atoms with Crippen LogP contribution in [-0.4, -0.2) is 45.5 Å². The highest BCUT2D eigenvalue weighted by atomic mass is 16.4. The lowest BCUT2D eigenvalue weighted by Crippen LogP contribution is -2.31. The fraction of sp³-hybridized carbons (Fsp3) is 0.676. The molecular formula is C68H106N3O4+. The fourth-order valence-electron chi connectivity index (χ4n) is 12.5. The van der Waals surface area contributed by atoms with Gasteiger partial charge in [0.05, 0.1) is 23.5 Å². The zero-order chi connectivity index (χ0) is 54.2. The van der Waals surface area contributed by atoms with E-state index in [1.165, 1.54) is 191 Å². The van der Waals surface area contributed by atoms with Crippen LogP contribution in [0.1, 0.15) is 281 Å². The van der Waals surface area contributed by atoms with Gasteiger partial charge in [0.25, 0.3) is 0 Å². The molecule has 0 aromatic heterocycles. The van der Waals surface area contributed by atoms with Crippen LogP contribution in [0.25, 0.3) is 0 Å². The lowest BCUT2D eigenvalue weighted by atomic mass is 9.74. The van der Waals surface area contributed by atoms with Crippen molar-refractivity contribution in [1.82, 2.24) is 0 Å².